The van der Waals surface area contributed by atoms with Gasteiger partial charge >= 0.3 is 11.7 Å². The molecule has 0 bridgehead atoms. The van der Waals surface area contributed by atoms with Crippen molar-refractivity contribution in [2.75, 3.05) is 13.2 Å². The van der Waals surface area contributed by atoms with Crippen molar-refractivity contribution in [3.05, 3.63) is 16.7 Å². The molecule has 34 heavy (non-hydrogen) atoms. The Morgan fingerprint density at radius 1 is 0.882 bits per heavy atom. The number of hydrogen-bond donors (Lipinski definition) is 2. The van der Waals surface area contributed by atoms with Gasteiger partial charge in [0.1, 0.15) is 0 Å². The molecule has 0 fully saturated rings. The Morgan fingerprint density at radius 2 is 1.41 bits per heavy atom. The molecule has 0 saturated heterocycles. The predicted molar refractivity (Wildman–Crippen MR) is 137 cm³/mol. The minimum atomic E-state index is -0.696. The zero-order chi connectivity index (χ0) is 25.6. The normalized spacial score (nSPS) is 12.4. The van der Waals surface area contributed by atoms with Gasteiger partial charge in [0.2, 0.25) is 5.88 Å². The van der Waals surface area contributed by atoms with Crippen molar-refractivity contribution < 1.29 is 19.7 Å². The van der Waals surface area contributed by atoms with Gasteiger partial charge in [-0.1, -0.05) is 53.4 Å². The fraction of sp³-hybridized carbons (Fsp3) is 0.852. The first-order chi connectivity index (χ1) is 16.2. The lowest BCUT2D eigenvalue weighted by Gasteiger charge is -2.32. The van der Waals surface area contributed by atoms with Crippen LogP contribution in [0.25, 0.3) is 0 Å². The third-order valence-corrected chi connectivity index (χ3v) is 8.25. The molecule has 0 saturated carbocycles. The summed E-state index contributed by atoms with van der Waals surface area (Å²) in [5.74, 6) is -0.641. The molecule has 1 aromatic rings. The number of aryl methyl sites for hydroxylation is 1. The van der Waals surface area contributed by atoms with E-state index < -0.39 is 5.97 Å². The highest BCUT2D eigenvalue weighted by Crippen LogP contribution is 2.37. The van der Waals surface area contributed by atoms with Crippen LogP contribution in [0, 0.1) is 10.8 Å². The number of aromatic hydroxyl groups is 1. The van der Waals surface area contributed by atoms with Gasteiger partial charge in [0.25, 0.3) is 0 Å². The van der Waals surface area contributed by atoms with Gasteiger partial charge in [0, 0.05) is 26.3 Å². The predicted octanol–water partition coefficient (Wildman–Crippen LogP) is 6.21. The standard InChI is InChI=1S/C27H50N2O5/c1-6-26(7-2,17-18-29-23(30)22-28(10-5)25(29)33)15-11-13-19-34-20-14-12-16-27(8-3,9-4)21-24(31)32/h22,30H,6-21H2,1-5H3,(H,31,32). The van der Waals surface area contributed by atoms with Crippen LogP contribution in [-0.2, 0) is 22.6 Å². The number of carboxylic acid groups (broad SMARTS) is 1. The van der Waals surface area contributed by atoms with Crippen molar-refractivity contribution in [1.82, 2.24) is 9.13 Å². The second-order valence-corrected chi connectivity index (χ2v) is 9.97. The van der Waals surface area contributed by atoms with Crippen LogP contribution >= 0.6 is 0 Å². The van der Waals surface area contributed by atoms with Crippen LogP contribution in [0.15, 0.2) is 11.0 Å². The fourth-order valence-electron chi connectivity index (χ4n) is 5.16. The second-order valence-electron chi connectivity index (χ2n) is 9.97. The average Bonchev–Trinajstić information content (AvgIpc) is 3.11. The Balaban J connectivity index is 2.34. The Bertz CT molecular complexity index is 760. The van der Waals surface area contributed by atoms with Crippen molar-refractivity contribution in [3.63, 3.8) is 0 Å². The number of hydrogen-bond acceptors (Lipinski definition) is 4. The van der Waals surface area contributed by atoms with Crippen LogP contribution in [0.5, 0.6) is 5.88 Å². The van der Waals surface area contributed by atoms with Gasteiger partial charge in [-0.15, -0.1) is 0 Å². The maximum absolute atomic E-state index is 12.4. The van der Waals surface area contributed by atoms with Crippen LogP contribution in [0.1, 0.15) is 112 Å². The van der Waals surface area contributed by atoms with Crippen LogP contribution in [0.2, 0.25) is 0 Å². The molecule has 0 radical (unpaired) electrons. The highest BCUT2D eigenvalue weighted by atomic mass is 16.5. The molecule has 0 atom stereocenters. The van der Waals surface area contributed by atoms with Crippen LogP contribution in [0.4, 0.5) is 0 Å². The summed E-state index contributed by atoms with van der Waals surface area (Å²) in [7, 11) is 0. The number of ether oxygens (including phenoxy) is 1. The lowest BCUT2D eigenvalue weighted by atomic mass is 9.75. The van der Waals surface area contributed by atoms with Gasteiger partial charge in [-0.3, -0.25) is 13.9 Å². The molecule has 1 aromatic heterocycles. The zero-order valence-corrected chi connectivity index (χ0v) is 22.4. The minimum absolute atomic E-state index is 0.0550. The van der Waals surface area contributed by atoms with E-state index in [1.807, 2.05) is 6.92 Å². The van der Waals surface area contributed by atoms with E-state index in [-0.39, 0.29) is 28.8 Å². The molecule has 0 spiro atoms. The van der Waals surface area contributed by atoms with E-state index in [1.165, 1.54) is 10.8 Å². The van der Waals surface area contributed by atoms with E-state index in [1.54, 1.807) is 4.57 Å². The number of aromatic nitrogens is 2. The largest absolute Gasteiger partial charge is 0.493 e. The Kier molecular flexibility index (Phi) is 13.6. The third kappa shape index (κ3) is 9.12. The Labute approximate surface area is 206 Å². The maximum Gasteiger partial charge on any atom is 0.331 e. The smallest absolute Gasteiger partial charge is 0.331 e. The highest BCUT2D eigenvalue weighted by Gasteiger charge is 2.28. The molecular formula is C27H50N2O5. The molecule has 0 aliphatic carbocycles. The first kappa shape index (κ1) is 30.3. The summed E-state index contributed by atoms with van der Waals surface area (Å²) in [5.41, 5.74) is -0.0302. The van der Waals surface area contributed by atoms with Crippen molar-refractivity contribution in [3.8, 4) is 5.88 Å². The van der Waals surface area contributed by atoms with E-state index >= 15 is 0 Å². The van der Waals surface area contributed by atoms with E-state index in [0.29, 0.717) is 13.1 Å². The Morgan fingerprint density at radius 3 is 1.85 bits per heavy atom. The van der Waals surface area contributed by atoms with Crippen LogP contribution in [-0.4, -0.2) is 38.5 Å². The number of carbonyl (C=O) groups is 1. The molecule has 1 heterocycles. The molecule has 198 valence electrons. The lowest BCUT2D eigenvalue weighted by Crippen LogP contribution is -2.27. The lowest BCUT2D eigenvalue weighted by molar-refractivity contribution is -0.140. The summed E-state index contributed by atoms with van der Waals surface area (Å²) in [6.07, 6.45) is 12.7. The number of aliphatic carboxylic acids is 1. The maximum atomic E-state index is 12.4. The fourth-order valence-corrected chi connectivity index (χ4v) is 5.16. The molecule has 0 aliphatic rings. The first-order valence-corrected chi connectivity index (χ1v) is 13.5. The van der Waals surface area contributed by atoms with Gasteiger partial charge in [0.15, 0.2) is 0 Å². The molecule has 2 N–H and O–H groups in total. The van der Waals surface area contributed by atoms with Gasteiger partial charge < -0.3 is 14.9 Å². The van der Waals surface area contributed by atoms with Crippen molar-refractivity contribution >= 4 is 5.97 Å². The monoisotopic (exact) mass is 482 g/mol. The summed E-state index contributed by atoms with van der Waals surface area (Å²) in [6, 6.07) is 0. The number of rotatable bonds is 20. The number of unbranched alkanes of at least 4 members (excludes halogenated alkanes) is 2. The van der Waals surface area contributed by atoms with Gasteiger partial charge in [0.05, 0.1) is 12.6 Å². The Hall–Kier alpha value is -1.76. The molecule has 7 heteroatoms. The van der Waals surface area contributed by atoms with Crippen molar-refractivity contribution in [2.45, 2.75) is 125 Å². The van der Waals surface area contributed by atoms with Crippen LogP contribution < -0.4 is 5.69 Å². The van der Waals surface area contributed by atoms with Gasteiger partial charge in [-0.25, -0.2) is 4.79 Å². The molecular weight excluding hydrogens is 432 g/mol. The topological polar surface area (TPSA) is 93.7 Å². The molecule has 7 nitrogen and oxygen atoms in total. The summed E-state index contributed by atoms with van der Waals surface area (Å²) in [5, 5.41) is 19.3. The van der Waals surface area contributed by atoms with E-state index in [4.69, 9.17) is 4.74 Å². The highest BCUT2D eigenvalue weighted by molar-refractivity contribution is 5.67. The summed E-state index contributed by atoms with van der Waals surface area (Å²) >= 11 is 0. The zero-order valence-electron chi connectivity index (χ0n) is 22.4. The van der Waals surface area contributed by atoms with Crippen molar-refractivity contribution in [2.24, 2.45) is 10.8 Å². The quantitative estimate of drug-likeness (QED) is 0.215. The molecule has 0 aromatic carbocycles. The van der Waals surface area contributed by atoms with Crippen LogP contribution in [0.3, 0.4) is 0 Å². The van der Waals surface area contributed by atoms with E-state index in [9.17, 15) is 19.8 Å². The third-order valence-electron chi connectivity index (χ3n) is 8.25. The first-order valence-electron chi connectivity index (χ1n) is 13.5. The SMILES string of the molecule is CCn1cc(O)n(CCC(CC)(CC)CCCCOCCCCC(CC)(CC)CC(=O)O)c1=O. The molecule has 0 aliphatic heterocycles. The van der Waals surface area contributed by atoms with Gasteiger partial charge in [-0.05, 0) is 62.7 Å². The van der Waals surface area contributed by atoms with E-state index in [0.717, 1.165) is 83.8 Å². The summed E-state index contributed by atoms with van der Waals surface area (Å²) in [6.45, 7) is 13.1. The molecule has 1 rings (SSSR count). The average molecular weight is 483 g/mol. The van der Waals surface area contributed by atoms with Gasteiger partial charge in [-0.2, -0.15) is 0 Å². The van der Waals surface area contributed by atoms with E-state index in [2.05, 4.69) is 27.7 Å². The number of imidazole rings is 1. The summed E-state index contributed by atoms with van der Waals surface area (Å²) < 4.78 is 8.90. The second kappa shape index (κ2) is 15.3. The molecule has 0 unspecified atom stereocenters. The molecule has 0 amide bonds. The number of nitrogens with zero attached hydrogens (tertiary/aromatic N) is 2. The number of carboxylic acids is 1. The van der Waals surface area contributed by atoms with Crippen molar-refractivity contribution in [1.29, 1.82) is 0 Å². The minimum Gasteiger partial charge on any atom is -0.493 e. The summed E-state index contributed by atoms with van der Waals surface area (Å²) in [4.78, 5) is 23.6.